The van der Waals surface area contributed by atoms with Crippen LogP contribution in [0.5, 0.6) is 5.75 Å². The largest absolute Gasteiger partial charge is 0.496 e. The second-order valence-electron chi connectivity index (χ2n) is 5.13. The average molecular weight is 309 g/mol. The lowest BCUT2D eigenvalue weighted by atomic mass is 10.1. The molecule has 1 aromatic heterocycles. The van der Waals surface area contributed by atoms with E-state index >= 15 is 0 Å². The molecule has 1 heterocycles. The van der Waals surface area contributed by atoms with Gasteiger partial charge in [-0.15, -0.1) is 11.3 Å². The predicted molar refractivity (Wildman–Crippen MR) is 83.0 cm³/mol. The Morgan fingerprint density at radius 3 is 2.95 bits per heavy atom. The molecule has 20 heavy (non-hydrogen) atoms. The number of hydrogen-bond donors (Lipinski definition) is 1. The van der Waals surface area contributed by atoms with Crippen molar-refractivity contribution in [1.82, 2.24) is 0 Å². The summed E-state index contributed by atoms with van der Waals surface area (Å²) in [6.07, 6.45) is 3.60. The monoisotopic (exact) mass is 308 g/mol. The number of halogens is 1. The molecule has 4 heteroatoms. The van der Waals surface area contributed by atoms with E-state index in [0.29, 0.717) is 11.4 Å². The summed E-state index contributed by atoms with van der Waals surface area (Å²) < 4.78 is 5.33. The van der Waals surface area contributed by atoms with Crippen LogP contribution in [0.2, 0.25) is 5.02 Å². The summed E-state index contributed by atoms with van der Waals surface area (Å²) in [6, 6.07) is 7.67. The van der Waals surface area contributed by atoms with Gasteiger partial charge in [-0.05, 0) is 54.7 Å². The first-order chi connectivity index (χ1) is 9.67. The van der Waals surface area contributed by atoms with Gasteiger partial charge < -0.3 is 9.84 Å². The number of thiophene rings is 1. The van der Waals surface area contributed by atoms with E-state index in [1.165, 1.54) is 16.9 Å². The van der Waals surface area contributed by atoms with Gasteiger partial charge >= 0.3 is 0 Å². The fourth-order valence-corrected chi connectivity index (χ4v) is 4.17. The van der Waals surface area contributed by atoms with Gasteiger partial charge in [0.05, 0.1) is 13.2 Å². The Labute approximate surface area is 128 Å². The van der Waals surface area contributed by atoms with E-state index in [1.807, 2.05) is 12.1 Å². The smallest absolute Gasteiger partial charge is 0.122 e. The second-order valence-corrected chi connectivity index (χ2v) is 6.73. The SMILES string of the molecule is COc1ccc(Cl)cc1CC(O)c1cc2c(s1)CCC2. The van der Waals surface area contributed by atoms with Gasteiger partial charge in [0.25, 0.3) is 0 Å². The lowest BCUT2D eigenvalue weighted by Crippen LogP contribution is -2.02. The molecule has 2 nitrogen and oxygen atoms in total. The first-order valence-electron chi connectivity index (χ1n) is 6.79. The Morgan fingerprint density at radius 2 is 2.20 bits per heavy atom. The van der Waals surface area contributed by atoms with E-state index in [0.717, 1.165) is 29.0 Å². The minimum absolute atomic E-state index is 0.488. The van der Waals surface area contributed by atoms with E-state index in [4.69, 9.17) is 16.3 Å². The van der Waals surface area contributed by atoms with Crippen LogP contribution in [0, 0.1) is 0 Å². The number of fused-ring (bicyclic) bond motifs is 1. The minimum Gasteiger partial charge on any atom is -0.496 e. The number of benzene rings is 1. The Morgan fingerprint density at radius 1 is 1.35 bits per heavy atom. The Hall–Kier alpha value is -1.03. The van der Waals surface area contributed by atoms with Gasteiger partial charge in [0.2, 0.25) is 0 Å². The van der Waals surface area contributed by atoms with Crippen LogP contribution in [0.25, 0.3) is 0 Å². The summed E-state index contributed by atoms with van der Waals surface area (Å²) in [7, 11) is 1.64. The van der Waals surface area contributed by atoms with Gasteiger partial charge in [-0.3, -0.25) is 0 Å². The van der Waals surface area contributed by atoms with Crippen LogP contribution >= 0.6 is 22.9 Å². The highest BCUT2D eigenvalue weighted by atomic mass is 35.5. The van der Waals surface area contributed by atoms with Crippen molar-refractivity contribution in [3.8, 4) is 5.75 Å². The van der Waals surface area contributed by atoms with Gasteiger partial charge in [-0.1, -0.05) is 11.6 Å². The fraction of sp³-hybridized carbons (Fsp3) is 0.375. The van der Waals surface area contributed by atoms with Crippen LogP contribution in [0.15, 0.2) is 24.3 Å². The zero-order valence-corrected chi connectivity index (χ0v) is 12.9. The molecule has 0 fully saturated rings. The van der Waals surface area contributed by atoms with Crippen molar-refractivity contribution < 1.29 is 9.84 Å². The van der Waals surface area contributed by atoms with Crippen LogP contribution in [0.3, 0.4) is 0 Å². The summed E-state index contributed by atoms with van der Waals surface area (Å²) >= 11 is 7.77. The molecule has 0 saturated carbocycles. The number of aliphatic hydroxyl groups is 1. The third kappa shape index (κ3) is 2.71. The molecule has 0 radical (unpaired) electrons. The lowest BCUT2D eigenvalue weighted by Gasteiger charge is -2.12. The van der Waals surface area contributed by atoms with E-state index in [9.17, 15) is 5.11 Å². The van der Waals surface area contributed by atoms with Crippen molar-refractivity contribution in [2.75, 3.05) is 7.11 Å². The highest BCUT2D eigenvalue weighted by molar-refractivity contribution is 7.12. The number of aryl methyl sites for hydroxylation is 2. The maximum absolute atomic E-state index is 10.5. The number of methoxy groups -OCH3 is 1. The molecule has 2 aromatic rings. The van der Waals surface area contributed by atoms with Gasteiger partial charge in [0.1, 0.15) is 5.75 Å². The molecule has 1 atom stereocenters. The number of aliphatic hydroxyl groups excluding tert-OH is 1. The Balaban J connectivity index is 1.81. The minimum atomic E-state index is -0.488. The Bertz CT molecular complexity index is 599. The summed E-state index contributed by atoms with van der Waals surface area (Å²) in [5.74, 6) is 0.776. The van der Waals surface area contributed by atoms with Gasteiger partial charge in [0, 0.05) is 21.2 Å². The van der Waals surface area contributed by atoms with Crippen LogP contribution < -0.4 is 4.74 Å². The van der Waals surface area contributed by atoms with Gasteiger partial charge in [0.15, 0.2) is 0 Å². The summed E-state index contributed by atoms with van der Waals surface area (Å²) in [4.78, 5) is 2.49. The molecular weight excluding hydrogens is 292 g/mol. The first-order valence-corrected chi connectivity index (χ1v) is 7.99. The van der Waals surface area contributed by atoms with Crippen molar-refractivity contribution in [1.29, 1.82) is 0 Å². The molecule has 0 bridgehead atoms. The summed E-state index contributed by atoms with van der Waals surface area (Å²) in [6.45, 7) is 0. The lowest BCUT2D eigenvalue weighted by molar-refractivity contribution is 0.181. The Kier molecular flexibility index (Phi) is 4.01. The van der Waals surface area contributed by atoms with E-state index < -0.39 is 6.10 Å². The van der Waals surface area contributed by atoms with Crippen LogP contribution in [0.1, 0.15) is 33.4 Å². The zero-order valence-electron chi connectivity index (χ0n) is 11.4. The molecule has 0 spiro atoms. The zero-order chi connectivity index (χ0) is 14.1. The molecular formula is C16H17ClO2S. The second kappa shape index (κ2) is 5.76. The standard InChI is InChI=1S/C16H17ClO2S/c1-19-14-6-5-12(17)7-11(14)8-13(18)16-9-10-3-2-4-15(10)20-16/h5-7,9,13,18H,2-4,8H2,1H3. The third-order valence-corrected chi connectivity index (χ3v) is 5.32. The van der Waals surface area contributed by atoms with Crippen molar-refractivity contribution >= 4 is 22.9 Å². The average Bonchev–Trinajstić information content (AvgIpc) is 2.99. The van der Waals surface area contributed by atoms with Gasteiger partial charge in [-0.25, -0.2) is 0 Å². The van der Waals surface area contributed by atoms with E-state index in [-0.39, 0.29) is 0 Å². The maximum Gasteiger partial charge on any atom is 0.122 e. The quantitative estimate of drug-likeness (QED) is 0.918. The van der Waals surface area contributed by atoms with Crippen LogP contribution in [-0.2, 0) is 19.3 Å². The molecule has 0 saturated heterocycles. The van der Waals surface area contributed by atoms with E-state index in [1.54, 1.807) is 24.5 Å². The van der Waals surface area contributed by atoms with Crippen molar-refractivity contribution in [2.24, 2.45) is 0 Å². The maximum atomic E-state index is 10.5. The molecule has 1 aromatic carbocycles. The van der Waals surface area contributed by atoms with Crippen LogP contribution in [-0.4, -0.2) is 12.2 Å². The van der Waals surface area contributed by atoms with Crippen molar-refractivity contribution in [2.45, 2.75) is 31.8 Å². The fourth-order valence-electron chi connectivity index (χ4n) is 2.73. The first kappa shape index (κ1) is 13.9. The molecule has 3 rings (SSSR count). The molecule has 1 aliphatic carbocycles. The van der Waals surface area contributed by atoms with Crippen molar-refractivity contribution in [3.63, 3.8) is 0 Å². The molecule has 1 aliphatic rings. The summed E-state index contributed by atoms with van der Waals surface area (Å²) in [5.41, 5.74) is 2.36. The predicted octanol–water partition coefficient (Wildman–Crippen LogP) is 4.17. The molecule has 0 aliphatic heterocycles. The highest BCUT2D eigenvalue weighted by Crippen LogP contribution is 2.36. The van der Waals surface area contributed by atoms with E-state index in [2.05, 4.69) is 6.07 Å². The number of hydrogen-bond acceptors (Lipinski definition) is 3. The number of ether oxygens (including phenoxy) is 1. The molecule has 1 N–H and O–H groups in total. The molecule has 1 unspecified atom stereocenters. The van der Waals surface area contributed by atoms with Gasteiger partial charge in [-0.2, -0.15) is 0 Å². The topological polar surface area (TPSA) is 29.5 Å². The van der Waals surface area contributed by atoms with Crippen molar-refractivity contribution in [3.05, 3.63) is 50.2 Å². The third-order valence-electron chi connectivity index (χ3n) is 3.75. The number of rotatable bonds is 4. The van der Waals surface area contributed by atoms with Crippen LogP contribution in [0.4, 0.5) is 0 Å². The highest BCUT2D eigenvalue weighted by Gasteiger charge is 2.20. The molecule has 106 valence electrons. The summed E-state index contributed by atoms with van der Waals surface area (Å²) in [5, 5.41) is 11.1. The molecule has 0 amide bonds. The normalized spacial score (nSPS) is 15.2.